The molecule has 1 saturated heterocycles. The smallest absolute Gasteiger partial charge is 0.120 e. The van der Waals surface area contributed by atoms with Gasteiger partial charge in [0.15, 0.2) is 0 Å². The highest BCUT2D eigenvalue weighted by Gasteiger charge is 2.26. The maximum Gasteiger partial charge on any atom is 0.120 e. The van der Waals surface area contributed by atoms with Gasteiger partial charge in [-0.05, 0) is 44.4 Å². The molecule has 1 aliphatic rings. The predicted octanol–water partition coefficient (Wildman–Crippen LogP) is 3.49. The average molecular weight is 233 g/mol. The Hall–Kier alpha value is -1.02. The maximum absolute atomic E-state index is 10.0. The highest BCUT2D eigenvalue weighted by atomic mass is 16.3. The topological polar surface area (TPSA) is 23.5 Å². The first kappa shape index (κ1) is 12.4. The van der Waals surface area contributed by atoms with Gasteiger partial charge in [0, 0.05) is 18.2 Å². The molecule has 0 aliphatic carbocycles. The summed E-state index contributed by atoms with van der Waals surface area (Å²) in [6.45, 7) is 8.81. The first-order valence-corrected chi connectivity index (χ1v) is 6.65. The Kier molecular flexibility index (Phi) is 3.72. The van der Waals surface area contributed by atoms with Crippen molar-refractivity contribution in [3.63, 3.8) is 0 Å². The molecule has 2 unspecified atom stereocenters. The lowest BCUT2D eigenvalue weighted by Gasteiger charge is -2.25. The number of nitrogens with zero attached hydrogens (tertiary/aromatic N) is 1. The second-order valence-electron chi connectivity index (χ2n) is 5.30. The molecular formula is C15H23NO. The zero-order chi connectivity index (χ0) is 12.4. The lowest BCUT2D eigenvalue weighted by Crippen LogP contribution is -2.24. The van der Waals surface area contributed by atoms with Crippen LogP contribution in [0.4, 0.5) is 0 Å². The van der Waals surface area contributed by atoms with E-state index in [4.69, 9.17) is 0 Å². The highest BCUT2D eigenvalue weighted by Crippen LogP contribution is 2.33. The van der Waals surface area contributed by atoms with Crippen molar-refractivity contribution in [3.05, 3.63) is 29.3 Å². The van der Waals surface area contributed by atoms with Crippen LogP contribution in [0.5, 0.6) is 5.75 Å². The normalized spacial score (nSPS) is 22.9. The molecule has 1 aliphatic heterocycles. The fraction of sp³-hybridized carbons (Fsp3) is 0.600. The summed E-state index contributed by atoms with van der Waals surface area (Å²) in [6, 6.07) is 6.33. The van der Waals surface area contributed by atoms with E-state index in [1.165, 1.54) is 19.4 Å². The summed E-state index contributed by atoms with van der Waals surface area (Å²) < 4.78 is 0. The number of hydrogen-bond donors (Lipinski definition) is 1. The highest BCUT2D eigenvalue weighted by molar-refractivity contribution is 5.37. The lowest BCUT2D eigenvalue weighted by molar-refractivity contribution is 0.247. The van der Waals surface area contributed by atoms with Crippen LogP contribution in [-0.2, 0) is 0 Å². The fourth-order valence-corrected chi connectivity index (χ4v) is 2.75. The molecule has 0 radical (unpaired) electrons. The molecule has 2 heteroatoms. The number of likely N-dealkylation sites (tertiary alicyclic amines) is 1. The van der Waals surface area contributed by atoms with Crippen molar-refractivity contribution in [1.82, 2.24) is 4.90 Å². The van der Waals surface area contributed by atoms with E-state index in [1.807, 2.05) is 13.0 Å². The largest absolute Gasteiger partial charge is 0.508 e. The van der Waals surface area contributed by atoms with Crippen LogP contribution >= 0.6 is 0 Å². The van der Waals surface area contributed by atoms with Gasteiger partial charge in [0.05, 0.1) is 0 Å². The Balaban J connectivity index is 2.12. The van der Waals surface area contributed by atoms with Gasteiger partial charge in [-0.1, -0.05) is 25.5 Å². The van der Waals surface area contributed by atoms with Crippen LogP contribution in [0.3, 0.4) is 0 Å². The maximum atomic E-state index is 10.0. The molecule has 1 aromatic rings. The summed E-state index contributed by atoms with van der Waals surface area (Å²) >= 11 is 0. The van der Waals surface area contributed by atoms with Gasteiger partial charge < -0.3 is 5.11 Å². The monoisotopic (exact) mass is 233 g/mol. The summed E-state index contributed by atoms with van der Waals surface area (Å²) in [5.41, 5.74) is 2.18. The zero-order valence-corrected chi connectivity index (χ0v) is 11.1. The number of phenolic OH excluding ortho intramolecular Hbond substituents is 1. The van der Waals surface area contributed by atoms with E-state index in [0.717, 1.165) is 23.6 Å². The van der Waals surface area contributed by atoms with Crippen molar-refractivity contribution in [1.29, 1.82) is 0 Å². The molecule has 0 saturated carbocycles. The molecule has 1 N–H and O–H groups in total. The lowest BCUT2D eigenvalue weighted by atomic mass is 10.0. The Morgan fingerprint density at radius 2 is 2.24 bits per heavy atom. The molecule has 0 amide bonds. The van der Waals surface area contributed by atoms with E-state index in [1.54, 1.807) is 0 Å². The fourth-order valence-electron chi connectivity index (χ4n) is 2.75. The van der Waals surface area contributed by atoms with E-state index < -0.39 is 0 Å². The van der Waals surface area contributed by atoms with Crippen LogP contribution in [0.1, 0.15) is 43.9 Å². The van der Waals surface area contributed by atoms with Crippen LogP contribution in [0.25, 0.3) is 0 Å². The SMILES string of the molecule is CCC1CCN(C(C)c2ccc(C)cc2O)C1. The first-order chi connectivity index (χ1) is 8.11. The Morgan fingerprint density at radius 3 is 2.82 bits per heavy atom. The number of rotatable bonds is 3. The molecule has 2 nitrogen and oxygen atoms in total. The van der Waals surface area contributed by atoms with E-state index in [0.29, 0.717) is 11.8 Å². The number of phenols is 1. The van der Waals surface area contributed by atoms with E-state index >= 15 is 0 Å². The summed E-state index contributed by atoms with van der Waals surface area (Å²) in [6.07, 6.45) is 2.57. The molecule has 1 fully saturated rings. The first-order valence-electron chi connectivity index (χ1n) is 6.65. The Labute approximate surface area is 104 Å². The summed E-state index contributed by atoms with van der Waals surface area (Å²) in [5, 5.41) is 10.0. The van der Waals surface area contributed by atoms with Crippen molar-refractivity contribution in [3.8, 4) is 5.75 Å². The summed E-state index contributed by atoms with van der Waals surface area (Å²) in [7, 11) is 0. The molecule has 2 rings (SSSR count). The molecule has 94 valence electrons. The minimum absolute atomic E-state index is 0.326. The van der Waals surface area contributed by atoms with Crippen LogP contribution in [0.2, 0.25) is 0 Å². The van der Waals surface area contributed by atoms with Gasteiger partial charge in [-0.2, -0.15) is 0 Å². The van der Waals surface area contributed by atoms with Crippen LogP contribution < -0.4 is 0 Å². The van der Waals surface area contributed by atoms with Crippen LogP contribution in [0, 0.1) is 12.8 Å². The van der Waals surface area contributed by atoms with Crippen molar-refractivity contribution < 1.29 is 5.11 Å². The van der Waals surface area contributed by atoms with Crippen molar-refractivity contribution in [2.45, 2.75) is 39.7 Å². The van der Waals surface area contributed by atoms with E-state index in [-0.39, 0.29) is 0 Å². The molecule has 17 heavy (non-hydrogen) atoms. The molecule has 1 aromatic carbocycles. The number of hydrogen-bond acceptors (Lipinski definition) is 2. The Bertz CT molecular complexity index is 389. The molecule has 0 bridgehead atoms. The van der Waals surface area contributed by atoms with Gasteiger partial charge >= 0.3 is 0 Å². The van der Waals surface area contributed by atoms with Crippen molar-refractivity contribution >= 4 is 0 Å². The Morgan fingerprint density at radius 1 is 1.47 bits per heavy atom. The third-order valence-corrected chi connectivity index (χ3v) is 4.08. The summed E-state index contributed by atoms with van der Waals surface area (Å²) in [5.74, 6) is 1.28. The molecule has 0 aromatic heterocycles. The predicted molar refractivity (Wildman–Crippen MR) is 71.2 cm³/mol. The third-order valence-electron chi connectivity index (χ3n) is 4.08. The van der Waals surface area contributed by atoms with E-state index in [9.17, 15) is 5.11 Å². The second-order valence-corrected chi connectivity index (χ2v) is 5.30. The average Bonchev–Trinajstić information content (AvgIpc) is 2.76. The quantitative estimate of drug-likeness (QED) is 0.863. The molecular weight excluding hydrogens is 210 g/mol. The van der Waals surface area contributed by atoms with Crippen molar-refractivity contribution in [2.24, 2.45) is 5.92 Å². The number of aromatic hydroxyl groups is 1. The number of aryl methyl sites for hydroxylation is 1. The third kappa shape index (κ3) is 2.63. The van der Waals surface area contributed by atoms with Gasteiger partial charge in [0.25, 0.3) is 0 Å². The van der Waals surface area contributed by atoms with Crippen LogP contribution in [-0.4, -0.2) is 23.1 Å². The zero-order valence-electron chi connectivity index (χ0n) is 11.1. The molecule has 2 atom stereocenters. The van der Waals surface area contributed by atoms with Gasteiger partial charge in [0.2, 0.25) is 0 Å². The van der Waals surface area contributed by atoms with Gasteiger partial charge in [-0.3, -0.25) is 4.90 Å². The number of benzene rings is 1. The molecule has 1 heterocycles. The van der Waals surface area contributed by atoms with E-state index in [2.05, 4.69) is 30.9 Å². The standard InChI is InChI=1S/C15H23NO/c1-4-13-7-8-16(10-13)12(3)14-6-5-11(2)9-15(14)17/h5-6,9,12-13,17H,4,7-8,10H2,1-3H3. The van der Waals surface area contributed by atoms with Gasteiger partial charge in [0.1, 0.15) is 5.75 Å². The van der Waals surface area contributed by atoms with Crippen molar-refractivity contribution in [2.75, 3.05) is 13.1 Å². The minimum atomic E-state index is 0.326. The van der Waals surface area contributed by atoms with Gasteiger partial charge in [-0.25, -0.2) is 0 Å². The summed E-state index contributed by atoms with van der Waals surface area (Å²) in [4.78, 5) is 2.48. The van der Waals surface area contributed by atoms with Gasteiger partial charge in [-0.15, -0.1) is 0 Å². The second kappa shape index (κ2) is 5.09. The minimum Gasteiger partial charge on any atom is -0.508 e. The molecule has 0 spiro atoms. The van der Waals surface area contributed by atoms with Crippen LogP contribution in [0.15, 0.2) is 18.2 Å².